The summed E-state index contributed by atoms with van der Waals surface area (Å²) in [6.07, 6.45) is -0.576. The Morgan fingerprint density at radius 2 is 1.71 bits per heavy atom. The first-order chi connectivity index (χ1) is 9.97. The first-order valence-electron chi connectivity index (χ1n) is 6.80. The third-order valence-corrected chi connectivity index (χ3v) is 4.11. The lowest BCUT2D eigenvalue weighted by Crippen LogP contribution is -2.25. The maximum atomic E-state index is 13.1. The molecule has 1 atom stereocenters. The highest BCUT2D eigenvalue weighted by Gasteiger charge is 2.37. The molecule has 1 aromatic heterocycles. The summed E-state index contributed by atoms with van der Waals surface area (Å²) in [5.41, 5.74) is 7.90. The number of benzene rings is 1. The molecule has 0 aliphatic heterocycles. The number of nitrogens with two attached hydrogens (primary N) is 1. The van der Waals surface area contributed by atoms with Gasteiger partial charge in [0.15, 0.2) is 0 Å². The Kier molecular flexibility index (Phi) is 3.45. The normalized spacial score (nSPS) is 16.8. The summed E-state index contributed by atoms with van der Waals surface area (Å²) in [4.78, 5) is 3.82. The zero-order valence-corrected chi connectivity index (χ0v) is 11.3. The number of nitrogens with zero attached hydrogens (tertiary/aromatic N) is 1. The number of aromatic nitrogens is 1. The van der Waals surface area contributed by atoms with Gasteiger partial charge in [-0.2, -0.15) is 13.2 Å². The zero-order valence-electron chi connectivity index (χ0n) is 11.3. The Labute approximate surface area is 120 Å². The van der Waals surface area contributed by atoms with Crippen LogP contribution in [0.1, 0.15) is 28.3 Å². The van der Waals surface area contributed by atoms with Gasteiger partial charge in [-0.1, -0.05) is 24.3 Å². The van der Waals surface area contributed by atoms with Gasteiger partial charge in [0.05, 0.1) is 5.56 Å². The second kappa shape index (κ2) is 5.15. The quantitative estimate of drug-likeness (QED) is 0.920. The highest BCUT2D eigenvalue weighted by Crippen LogP contribution is 2.39. The smallest absolute Gasteiger partial charge is 0.324 e. The minimum absolute atomic E-state index is 0.0206. The first-order valence-corrected chi connectivity index (χ1v) is 6.80. The van der Waals surface area contributed by atoms with E-state index in [-0.39, 0.29) is 11.5 Å². The lowest BCUT2D eigenvalue weighted by Gasteiger charge is -2.22. The van der Waals surface area contributed by atoms with Crippen molar-refractivity contribution >= 4 is 0 Å². The van der Waals surface area contributed by atoms with Crippen LogP contribution >= 0.6 is 0 Å². The van der Waals surface area contributed by atoms with Gasteiger partial charge in [0, 0.05) is 18.4 Å². The van der Waals surface area contributed by atoms with Crippen molar-refractivity contribution in [2.75, 3.05) is 0 Å². The van der Waals surface area contributed by atoms with Crippen LogP contribution in [0, 0.1) is 5.92 Å². The molecule has 0 fully saturated rings. The van der Waals surface area contributed by atoms with Crippen molar-refractivity contribution in [1.29, 1.82) is 0 Å². The minimum Gasteiger partial charge on any atom is -0.324 e. The second-order valence-electron chi connectivity index (χ2n) is 5.42. The fourth-order valence-electron chi connectivity index (χ4n) is 3.03. The maximum absolute atomic E-state index is 13.1. The maximum Gasteiger partial charge on any atom is 0.416 e. The number of fused-ring (bicyclic) bond motifs is 1. The molecule has 2 aromatic rings. The van der Waals surface area contributed by atoms with E-state index in [1.165, 1.54) is 17.3 Å². The molecular weight excluding hydrogens is 277 g/mol. The van der Waals surface area contributed by atoms with Gasteiger partial charge >= 0.3 is 6.18 Å². The van der Waals surface area contributed by atoms with E-state index in [1.54, 1.807) is 0 Å². The van der Waals surface area contributed by atoms with Crippen molar-refractivity contribution in [2.45, 2.75) is 25.1 Å². The Bertz CT molecular complexity index is 627. The van der Waals surface area contributed by atoms with E-state index < -0.39 is 17.8 Å². The van der Waals surface area contributed by atoms with Gasteiger partial charge in [-0.25, -0.2) is 0 Å². The van der Waals surface area contributed by atoms with Crippen molar-refractivity contribution in [3.05, 3.63) is 65.0 Å². The number of pyridine rings is 1. The highest BCUT2D eigenvalue weighted by atomic mass is 19.4. The Morgan fingerprint density at radius 1 is 1.10 bits per heavy atom. The summed E-state index contributed by atoms with van der Waals surface area (Å²) in [5, 5.41) is 0. The molecule has 0 bridgehead atoms. The zero-order chi connectivity index (χ0) is 15.0. The molecule has 1 unspecified atom stereocenters. The molecule has 0 saturated carbocycles. The standard InChI is InChI=1S/C16H15F3N2/c17-16(18,19)14-5-6-21-9-13(14)15(20)12-7-10-3-1-2-4-11(10)8-12/h1-6,9,12,15H,7-8,20H2. The topological polar surface area (TPSA) is 38.9 Å². The Balaban J connectivity index is 1.90. The van der Waals surface area contributed by atoms with Gasteiger partial charge < -0.3 is 5.73 Å². The third-order valence-electron chi connectivity index (χ3n) is 4.11. The number of alkyl halides is 3. The average Bonchev–Trinajstić information content (AvgIpc) is 2.89. The molecule has 1 heterocycles. The SMILES string of the molecule is NC(c1cnccc1C(F)(F)F)C1Cc2ccccc2C1. The van der Waals surface area contributed by atoms with E-state index in [0.717, 1.165) is 12.3 Å². The summed E-state index contributed by atoms with van der Waals surface area (Å²) in [6, 6.07) is 8.24. The molecule has 0 saturated heterocycles. The largest absolute Gasteiger partial charge is 0.416 e. The number of hydrogen-bond acceptors (Lipinski definition) is 2. The average molecular weight is 292 g/mol. The molecule has 2 nitrogen and oxygen atoms in total. The predicted octanol–water partition coefficient (Wildman–Crippen LogP) is 3.52. The number of rotatable bonds is 2. The van der Waals surface area contributed by atoms with Gasteiger partial charge in [-0.15, -0.1) is 0 Å². The molecular formula is C16H15F3N2. The molecule has 5 heteroatoms. The van der Waals surface area contributed by atoms with Crippen molar-refractivity contribution in [3.8, 4) is 0 Å². The Hall–Kier alpha value is -1.88. The van der Waals surface area contributed by atoms with Crippen LogP contribution in [0.4, 0.5) is 13.2 Å². The summed E-state index contributed by atoms with van der Waals surface area (Å²) >= 11 is 0. The van der Waals surface area contributed by atoms with E-state index in [9.17, 15) is 13.2 Å². The molecule has 3 rings (SSSR count). The van der Waals surface area contributed by atoms with Gasteiger partial charge in [0.25, 0.3) is 0 Å². The molecule has 110 valence electrons. The molecule has 1 aromatic carbocycles. The van der Waals surface area contributed by atoms with E-state index in [1.807, 2.05) is 24.3 Å². The molecule has 1 aliphatic carbocycles. The fourth-order valence-corrected chi connectivity index (χ4v) is 3.03. The van der Waals surface area contributed by atoms with Crippen LogP contribution in [0.25, 0.3) is 0 Å². The van der Waals surface area contributed by atoms with E-state index in [0.29, 0.717) is 12.8 Å². The summed E-state index contributed by atoms with van der Waals surface area (Å²) in [6.45, 7) is 0. The lowest BCUT2D eigenvalue weighted by molar-refractivity contribution is -0.138. The van der Waals surface area contributed by atoms with Crippen LogP contribution in [0.2, 0.25) is 0 Å². The van der Waals surface area contributed by atoms with E-state index >= 15 is 0 Å². The summed E-state index contributed by atoms with van der Waals surface area (Å²) < 4.78 is 39.2. The minimum atomic E-state index is -4.40. The molecule has 0 amide bonds. The van der Waals surface area contributed by atoms with Crippen LogP contribution in [0.5, 0.6) is 0 Å². The molecule has 21 heavy (non-hydrogen) atoms. The van der Waals surface area contributed by atoms with Gasteiger partial charge in [-0.05, 0) is 41.5 Å². The second-order valence-corrected chi connectivity index (χ2v) is 5.42. The van der Waals surface area contributed by atoms with Crippen LogP contribution in [-0.4, -0.2) is 4.98 Å². The van der Waals surface area contributed by atoms with Crippen molar-refractivity contribution in [1.82, 2.24) is 4.98 Å². The van der Waals surface area contributed by atoms with Crippen molar-refractivity contribution < 1.29 is 13.2 Å². The fraction of sp³-hybridized carbons (Fsp3) is 0.312. The van der Waals surface area contributed by atoms with E-state index in [4.69, 9.17) is 5.73 Å². The molecule has 0 radical (unpaired) electrons. The van der Waals surface area contributed by atoms with Gasteiger partial charge in [0.2, 0.25) is 0 Å². The van der Waals surface area contributed by atoms with Crippen LogP contribution in [0.3, 0.4) is 0 Å². The molecule has 1 aliphatic rings. The van der Waals surface area contributed by atoms with Crippen molar-refractivity contribution in [2.24, 2.45) is 11.7 Å². The third kappa shape index (κ3) is 2.65. The highest BCUT2D eigenvalue weighted by molar-refractivity contribution is 5.36. The van der Waals surface area contributed by atoms with Gasteiger partial charge in [0.1, 0.15) is 0 Å². The summed E-state index contributed by atoms with van der Waals surface area (Å²) in [7, 11) is 0. The van der Waals surface area contributed by atoms with E-state index in [2.05, 4.69) is 4.98 Å². The Morgan fingerprint density at radius 3 is 2.29 bits per heavy atom. The molecule has 0 spiro atoms. The van der Waals surface area contributed by atoms with Crippen LogP contribution in [0.15, 0.2) is 42.7 Å². The lowest BCUT2D eigenvalue weighted by atomic mass is 9.89. The van der Waals surface area contributed by atoms with Crippen LogP contribution in [-0.2, 0) is 19.0 Å². The predicted molar refractivity (Wildman–Crippen MR) is 73.5 cm³/mol. The molecule has 2 N–H and O–H groups in total. The monoisotopic (exact) mass is 292 g/mol. The first kappa shape index (κ1) is 14.1. The van der Waals surface area contributed by atoms with Gasteiger partial charge in [-0.3, -0.25) is 4.98 Å². The summed E-state index contributed by atoms with van der Waals surface area (Å²) in [5.74, 6) is -0.0206. The number of hydrogen-bond donors (Lipinski definition) is 1. The number of halogens is 3. The van der Waals surface area contributed by atoms with Crippen molar-refractivity contribution in [3.63, 3.8) is 0 Å². The van der Waals surface area contributed by atoms with Crippen LogP contribution < -0.4 is 5.73 Å².